The third kappa shape index (κ3) is 1.15. The third-order valence-corrected chi connectivity index (χ3v) is 3.68. The van der Waals surface area contributed by atoms with Crippen LogP contribution in [0.25, 0.3) is 10.2 Å². The summed E-state index contributed by atoms with van der Waals surface area (Å²) in [7, 11) is 0. The highest BCUT2D eigenvalue weighted by atomic mass is 32.2. The molecule has 62 valence electrons. The van der Waals surface area contributed by atoms with E-state index in [1.54, 1.807) is 11.8 Å². The molecule has 0 unspecified atom stereocenters. The number of aromatic nitrogens is 2. The van der Waals surface area contributed by atoms with Gasteiger partial charge in [-0.25, -0.2) is 4.98 Å². The van der Waals surface area contributed by atoms with Gasteiger partial charge < -0.3 is 4.98 Å². The van der Waals surface area contributed by atoms with Crippen molar-refractivity contribution in [2.45, 2.75) is 4.21 Å². The lowest BCUT2D eigenvalue weighted by Gasteiger charge is -1.82. The number of hydrogen-bond acceptors (Lipinski definition) is 4. The molecule has 0 aliphatic heterocycles. The minimum absolute atomic E-state index is 0.0506. The number of nitrogens with zero attached hydrogens (tertiary/aromatic N) is 1. The van der Waals surface area contributed by atoms with Crippen LogP contribution in [-0.2, 0) is 0 Å². The molecule has 5 heteroatoms. The molecule has 3 nitrogen and oxygen atoms in total. The van der Waals surface area contributed by atoms with Crippen molar-refractivity contribution in [1.29, 1.82) is 0 Å². The van der Waals surface area contributed by atoms with Crippen molar-refractivity contribution in [3.8, 4) is 0 Å². The van der Waals surface area contributed by atoms with Crippen LogP contribution >= 0.6 is 23.1 Å². The van der Waals surface area contributed by atoms with Crippen molar-refractivity contribution in [3.63, 3.8) is 0 Å². The van der Waals surface area contributed by atoms with Crippen LogP contribution in [0, 0.1) is 0 Å². The van der Waals surface area contributed by atoms with Gasteiger partial charge in [0.25, 0.3) is 5.56 Å². The Hall–Kier alpha value is -0.810. The first kappa shape index (κ1) is 7.82. The monoisotopic (exact) mass is 198 g/mol. The molecule has 0 aliphatic carbocycles. The molecule has 0 atom stereocenters. The van der Waals surface area contributed by atoms with Gasteiger partial charge in [-0.15, -0.1) is 23.1 Å². The lowest BCUT2D eigenvalue weighted by atomic mass is 10.5. The van der Waals surface area contributed by atoms with Gasteiger partial charge in [0, 0.05) is 0 Å². The number of aromatic amines is 1. The van der Waals surface area contributed by atoms with Crippen LogP contribution in [-0.4, -0.2) is 16.2 Å². The molecular weight excluding hydrogens is 192 g/mol. The van der Waals surface area contributed by atoms with Crippen LogP contribution in [0.2, 0.25) is 0 Å². The van der Waals surface area contributed by atoms with E-state index >= 15 is 0 Å². The number of H-pyrrole nitrogens is 1. The van der Waals surface area contributed by atoms with Gasteiger partial charge in [-0.05, 0) is 12.3 Å². The molecule has 0 spiro atoms. The van der Waals surface area contributed by atoms with E-state index in [-0.39, 0.29) is 5.56 Å². The molecule has 2 aromatic rings. The molecular formula is C7H6N2OS2. The van der Waals surface area contributed by atoms with Crippen LogP contribution in [0.1, 0.15) is 0 Å². The van der Waals surface area contributed by atoms with Crippen LogP contribution in [0.15, 0.2) is 21.4 Å². The molecule has 0 bridgehead atoms. The molecule has 2 rings (SSSR count). The summed E-state index contributed by atoms with van der Waals surface area (Å²) >= 11 is 3.11. The largest absolute Gasteiger partial charge is 0.312 e. The molecule has 0 aromatic carbocycles. The van der Waals surface area contributed by atoms with Crippen molar-refractivity contribution in [1.82, 2.24) is 9.97 Å². The number of nitrogens with one attached hydrogen (secondary N) is 1. The summed E-state index contributed by atoms with van der Waals surface area (Å²) in [5.41, 5.74) is 0.735. The van der Waals surface area contributed by atoms with E-state index in [0.29, 0.717) is 4.70 Å². The zero-order valence-electron chi connectivity index (χ0n) is 6.33. The average molecular weight is 198 g/mol. The van der Waals surface area contributed by atoms with Gasteiger partial charge in [0.05, 0.1) is 16.1 Å². The van der Waals surface area contributed by atoms with E-state index in [1.165, 1.54) is 17.7 Å². The number of hydrogen-bond donors (Lipinski definition) is 1. The Morgan fingerprint density at radius 1 is 1.67 bits per heavy atom. The second-order valence-corrected chi connectivity index (χ2v) is 4.37. The van der Waals surface area contributed by atoms with Gasteiger partial charge in [0.2, 0.25) is 0 Å². The van der Waals surface area contributed by atoms with Crippen molar-refractivity contribution < 1.29 is 0 Å². The van der Waals surface area contributed by atoms with Gasteiger partial charge in [-0.1, -0.05) is 0 Å². The Kier molecular flexibility index (Phi) is 1.90. The van der Waals surface area contributed by atoms with E-state index in [4.69, 9.17) is 0 Å². The van der Waals surface area contributed by atoms with Crippen LogP contribution in [0.4, 0.5) is 0 Å². The minimum atomic E-state index is -0.0506. The number of thioether (sulfide) groups is 1. The van der Waals surface area contributed by atoms with Crippen LogP contribution in [0.5, 0.6) is 0 Å². The summed E-state index contributed by atoms with van der Waals surface area (Å²) in [6.07, 6.45) is 3.42. The first-order chi connectivity index (χ1) is 5.81. The highest BCUT2D eigenvalue weighted by molar-refractivity contribution is 8.00. The second-order valence-electron chi connectivity index (χ2n) is 2.22. The Balaban J connectivity index is 2.83. The number of thiophene rings is 1. The van der Waals surface area contributed by atoms with Gasteiger partial charge in [0.15, 0.2) is 0 Å². The zero-order valence-corrected chi connectivity index (χ0v) is 7.96. The molecule has 0 saturated carbocycles. The molecule has 2 heterocycles. The predicted octanol–water partition coefficient (Wildman–Crippen LogP) is 1.71. The number of fused-ring (bicyclic) bond motifs is 1. The molecule has 12 heavy (non-hydrogen) atoms. The molecule has 2 aromatic heterocycles. The van der Waals surface area contributed by atoms with Crippen molar-refractivity contribution in [2.75, 3.05) is 6.26 Å². The summed E-state index contributed by atoms with van der Waals surface area (Å²) in [6.45, 7) is 0. The van der Waals surface area contributed by atoms with Crippen molar-refractivity contribution in [3.05, 3.63) is 22.7 Å². The zero-order chi connectivity index (χ0) is 8.55. The summed E-state index contributed by atoms with van der Waals surface area (Å²) in [4.78, 5) is 17.8. The highest BCUT2D eigenvalue weighted by Gasteiger charge is 2.03. The van der Waals surface area contributed by atoms with Crippen LogP contribution in [0.3, 0.4) is 0 Å². The Bertz CT molecular complexity index is 460. The fraction of sp³-hybridized carbons (Fsp3) is 0.143. The van der Waals surface area contributed by atoms with Crippen LogP contribution < -0.4 is 5.56 Å². The average Bonchev–Trinajstić information content (AvgIpc) is 2.49. The molecule has 1 N–H and O–H groups in total. The van der Waals surface area contributed by atoms with E-state index in [2.05, 4.69) is 9.97 Å². The smallest absolute Gasteiger partial charge is 0.268 e. The maximum atomic E-state index is 11.2. The second kappa shape index (κ2) is 2.91. The predicted molar refractivity (Wildman–Crippen MR) is 52.0 cm³/mol. The molecule has 0 fully saturated rings. The number of rotatable bonds is 1. The minimum Gasteiger partial charge on any atom is -0.312 e. The first-order valence-corrected chi connectivity index (χ1v) is 5.36. The van der Waals surface area contributed by atoms with E-state index in [9.17, 15) is 4.79 Å². The lowest BCUT2D eigenvalue weighted by molar-refractivity contribution is 1.18. The van der Waals surface area contributed by atoms with Crippen molar-refractivity contribution >= 4 is 33.3 Å². The maximum Gasteiger partial charge on any atom is 0.268 e. The Morgan fingerprint density at radius 3 is 3.17 bits per heavy atom. The summed E-state index contributed by atoms with van der Waals surface area (Å²) in [5, 5.41) is 0. The fourth-order valence-corrected chi connectivity index (χ4v) is 2.50. The normalized spacial score (nSPS) is 10.8. The molecule has 0 amide bonds. The third-order valence-electron chi connectivity index (χ3n) is 1.50. The topological polar surface area (TPSA) is 45.8 Å². The first-order valence-electron chi connectivity index (χ1n) is 3.32. The van der Waals surface area contributed by atoms with Gasteiger partial charge in [-0.2, -0.15) is 0 Å². The summed E-state index contributed by atoms with van der Waals surface area (Å²) in [5.74, 6) is 0. The molecule has 0 radical (unpaired) electrons. The quantitative estimate of drug-likeness (QED) is 0.709. The van der Waals surface area contributed by atoms with Gasteiger partial charge >= 0.3 is 0 Å². The van der Waals surface area contributed by atoms with E-state index < -0.39 is 0 Å². The summed E-state index contributed by atoms with van der Waals surface area (Å²) in [6, 6.07) is 1.93. The van der Waals surface area contributed by atoms with Gasteiger partial charge in [-0.3, -0.25) is 4.79 Å². The van der Waals surface area contributed by atoms with Crippen molar-refractivity contribution in [2.24, 2.45) is 0 Å². The lowest BCUT2D eigenvalue weighted by Crippen LogP contribution is -2.02. The Morgan fingerprint density at radius 2 is 2.50 bits per heavy atom. The molecule has 0 saturated heterocycles. The van der Waals surface area contributed by atoms with E-state index in [1.807, 2.05) is 12.3 Å². The Labute approximate surface area is 76.8 Å². The standard InChI is InChI=1S/C7H6N2OS2/c1-11-5-2-4-6(12-5)7(10)9-3-8-4/h2-3H,1H3,(H,8,9,10). The maximum absolute atomic E-state index is 11.2. The summed E-state index contributed by atoms with van der Waals surface area (Å²) < 4.78 is 1.83. The van der Waals surface area contributed by atoms with E-state index in [0.717, 1.165) is 9.73 Å². The SMILES string of the molecule is CSc1cc2nc[nH]c(=O)c2s1. The highest BCUT2D eigenvalue weighted by Crippen LogP contribution is 2.27. The molecule has 0 aliphatic rings. The fourth-order valence-electron chi connectivity index (χ4n) is 0.945. The van der Waals surface area contributed by atoms with Gasteiger partial charge in [0.1, 0.15) is 4.70 Å².